The minimum Gasteiger partial charge on any atom is -0.494 e. The average molecular weight is 295 g/mol. The number of benzene rings is 1. The highest BCUT2D eigenvalue weighted by molar-refractivity contribution is 5.82. The molecule has 1 aliphatic rings. The molecule has 0 saturated carbocycles. The minimum absolute atomic E-state index is 0.0522. The Bertz CT molecular complexity index is 575. The van der Waals surface area contributed by atoms with Crippen molar-refractivity contribution in [3.63, 3.8) is 0 Å². The van der Waals surface area contributed by atoms with Gasteiger partial charge < -0.3 is 14.7 Å². The van der Waals surface area contributed by atoms with Gasteiger partial charge in [0, 0.05) is 13.1 Å². The highest BCUT2D eigenvalue weighted by Crippen LogP contribution is 2.30. The second kappa shape index (κ2) is 5.71. The Morgan fingerprint density at radius 1 is 1.48 bits per heavy atom. The first-order chi connectivity index (χ1) is 9.85. The van der Waals surface area contributed by atoms with Gasteiger partial charge in [0.1, 0.15) is 0 Å². The van der Waals surface area contributed by atoms with Crippen LogP contribution in [0.25, 0.3) is 0 Å². The van der Waals surface area contributed by atoms with Gasteiger partial charge in [-0.15, -0.1) is 0 Å². The maximum Gasteiger partial charge on any atom is 0.311 e. The molecule has 6 heteroatoms. The lowest BCUT2D eigenvalue weighted by atomic mass is 9.90. The van der Waals surface area contributed by atoms with Crippen molar-refractivity contribution < 1.29 is 23.8 Å². The number of likely N-dealkylation sites (tertiary alicyclic amines) is 1. The van der Waals surface area contributed by atoms with Crippen molar-refractivity contribution in [3.8, 4) is 5.75 Å². The van der Waals surface area contributed by atoms with Crippen molar-refractivity contribution >= 4 is 11.9 Å². The van der Waals surface area contributed by atoms with Gasteiger partial charge in [0.25, 0.3) is 0 Å². The van der Waals surface area contributed by atoms with Crippen LogP contribution in [-0.2, 0) is 16.0 Å². The van der Waals surface area contributed by atoms with Crippen molar-refractivity contribution in [3.05, 3.63) is 29.6 Å². The van der Waals surface area contributed by atoms with E-state index in [1.807, 2.05) is 0 Å². The van der Waals surface area contributed by atoms with E-state index < -0.39 is 17.2 Å². The van der Waals surface area contributed by atoms with Gasteiger partial charge in [-0.3, -0.25) is 9.59 Å². The van der Waals surface area contributed by atoms with Crippen LogP contribution in [0.3, 0.4) is 0 Å². The fourth-order valence-corrected chi connectivity index (χ4v) is 2.45. The molecule has 1 N–H and O–H groups in total. The van der Waals surface area contributed by atoms with Gasteiger partial charge in [-0.2, -0.15) is 0 Å². The third kappa shape index (κ3) is 3.15. The number of halogens is 1. The average Bonchev–Trinajstić information content (AvgIpc) is 2.83. The van der Waals surface area contributed by atoms with Crippen LogP contribution < -0.4 is 4.74 Å². The fraction of sp³-hybridized carbons (Fsp3) is 0.467. The Kier molecular flexibility index (Phi) is 4.16. The van der Waals surface area contributed by atoms with Crippen LogP contribution in [0.5, 0.6) is 5.75 Å². The number of amides is 1. The van der Waals surface area contributed by atoms with E-state index in [9.17, 15) is 14.0 Å². The molecule has 1 saturated heterocycles. The van der Waals surface area contributed by atoms with Crippen LogP contribution in [0.4, 0.5) is 4.39 Å². The van der Waals surface area contributed by atoms with Gasteiger partial charge in [0.05, 0.1) is 18.9 Å². The second-order valence-corrected chi connectivity index (χ2v) is 5.58. The van der Waals surface area contributed by atoms with Gasteiger partial charge in [0.15, 0.2) is 11.6 Å². The molecule has 21 heavy (non-hydrogen) atoms. The summed E-state index contributed by atoms with van der Waals surface area (Å²) in [5, 5.41) is 9.15. The Labute approximate surface area is 122 Å². The fourth-order valence-electron chi connectivity index (χ4n) is 2.45. The molecule has 0 unspecified atom stereocenters. The molecule has 0 bridgehead atoms. The molecule has 0 spiro atoms. The van der Waals surface area contributed by atoms with E-state index in [4.69, 9.17) is 9.84 Å². The number of carbonyl (C=O) groups excluding carboxylic acids is 1. The van der Waals surface area contributed by atoms with Gasteiger partial charge >= 0.3 is 5.97 Å². The molecule has 1 fully saturated rings. The van der Waals surface area contributed by atoms with E-state index >= 15 is 0 Å². The molecular weight excluding hydrogens is 277 g/mol. The molecular formula is C15H18FNO4. The molecule has 0 radical (unpaired) electrons. The number of aliphatic carboxylic acids is 1. The molecule has 1 atom stereocenters. The van der Waals surface area contributed by atoms with Crippen molar-refractivity contribution in [1.29, 1.82) is 0 Å². The van der Waals surface area contributed by atoms with Crippen molar-refractivity contribution in [2.45, 2.75) is 19.8 Å². The summed E-state index contributed by atoms with van der Waals surface area (Å²) < 4.78 is 18.4. The van der Waals surface area contributed by atoms with Gasteiger partial charge in [-0.25, -0.2) is 4.39 Å². The molecule has 1 amide bonds. The molecule has 0 aromatic heterocycles. The van der Waals surface area contributed by atoms with Gasteiger partial charge in [-0.1, -0.05) is 6.07 Å². The van der Waals surface area contributed by atoms with E-state index in [-0.39, 0.29) is 24.6 Å². The number of nitrogens with zero attached hydrogens (tertiary/aromatic N) is 1. The van der Waals surface area contributed by atoms with E-state index in [0.29, 0.717) is 18.5 Å². The van der Waals surface area contributed by atoms with E-state index in [2.05, 4.69) is 0 Å². The number of hydrogen-bond donors (Lipinski definition) is 1. The zero-order chi connectivity index (χ0) is 15.6. The molecule has 1 aliphatic heterocycles. The Balaban J connectivity index is 2.03. The highest BCUT2D eigenvalue weighted by atomic mass is 19.1. The van der Waals surface area contributed by atoms with Gasteiger partial charge in [0.2, 0.25) is 5.91 Å². The van der Waals surface area contributed by atoms with E-state index in [1.54, 1.807) is 13.0 Å². The summed E-state index contributed by atoms with van der Waals surface area (Å²) in [5.74, 6) is -1.47. The summed E-state index contributed by atoms with van der Waals surface area (Å²) in [6.07, 6.45) is 0.488. The van der Waals surface area contributed by atoms with Crippen LogP contribution in [0, 0.1) is 11.2 Å². The molecule has 2 rings (SSSR count). The predicted molar refractivity (Wildman–Crippen MR) is 73.6 cm³/mol. The maximum atomic E-state index is 13.6. The Hall–Kier alpha value is -2.11. The number of carboxylic acid groups (broad SMARTS) is 1. The topological polar surface area (TPSA) is 66.8 Å². The lowest BCUT2D eigenvalue weighted by Gasteiger charge is -2.20. The number of carboxylic acids is 1. The Morgan fingerprint density at radius 3 is 2.71 bits per heavy atom. The lowest BCUT2D eigenvalue weighted by molar-refractivity contribution is -0.147. The third-order valence-electron chi connectivity index (χ3n) is 3.91. The van der Waals surface area contributed by atoms with Crippen LogP contribution in [-0.4, -0.2) is 42.1 Å². The maximum absolute atomic E-state index is 13.6. The Morgan fingerprint density at radius 2 is 2.19 bits per heavy atom. The molecule has 1 aromatic rings. The summed E-state index contributed by atoms with van der Waals surface area (Å²) in [5.41, 5.74) is -0.344. The largest absolute Gasteiger partial charge is 0.494 e. The number of carbonyl (C=O) groups is 2. The van der Waals surface area contributed by atoms with Crippen LogP contribution in [0.15, 0.2) is 18.2 Å². The van der Waals surface area contributed by atoms with Crippen LogP contribution >= 0.6 is 0 Å². The smallest absolute Gasteiger partial charge is 0.311 e. The van der Waals surface area contributed by atoms with E-state index in [0.717, 1.165) is 0 Å². The zero-order valence-electron chi connectivity index (χ0n) is 12.1. The van der Waals surface area contributed by atoms with Crippen LogP contribution in [0.2, 0.25) is 0 Å². The standard InChI is InChI=1S/C15H18FNO4/c1-15(14(19)20)5-6-17(9-15)13(18)8-10-3-4-12(21-2)11(16)7-10/h3-4,7H,5-6,8-9H2,1-2H3,(H,19,20)/t15-/m1/s1. The number of methoxy groups -OCH3 is 1. The third-order valence-corrected chi connectivity index (χ3v) is 3.91. The quantitative estimate of drug-likeness (QED) is 0.918. The number of ether oxygens (including phenoxy) is 1. The molecule has 1 aromatic carbocycles. The first-order valence-electron chi connectivity index (χ1n) is 6.69. The summed E-state index contributed by atoms with van der Waals surface area (Å²) in [7, 11) is 1.38. The molecule has 1 heterocycles. The normalized spacial score (nSPS) is 21.4. The minimum atomic E-state index is -0.895. The summed E-state index contributed by atoms with van der Waals surface area (Å²) in [6.45, 7) is 2.25. The number of rotatable bonds is 4. The first-order valence-corrected chi connectivity index (χ1v) is 6.69. The summed E-state index contributed by atoms with van der Waals surface area (Å²) in [4.78, 5) is 24.9. The molecule has 0 aliphatic carbocycles. The van der Waals surface area contributed by atoms with Crippen molar-refractivity contribution in [2.75, 3.05) is 20.2 Å². The second-order valence-electron chi connectivity index (χ2n) is 5.58. The predicted octanol–water partition coefficient (Wildman–Crippen LogP) is 1.70. The summed E-state index contributed by atoms with van der Waals surface area (Å²) in [6, 6.07) is 4.37. The lowest BCUT2D eigenvalue weighted by Crippen LogP contribution is -2.35. The number of hydrogen-bond acceptors (Lipinski definition) is 3. The molecule has 5 nitrogen and oxygen atoms in total. The monoisotopic (exact) mass is 295 g/mol. The molecule has 114 valence electrons. The SMILES string of the molecule is COc1ccc(CC(=O)N2CC[C@@](C)(C(=O)O)C2)cc1F. The van der Waals surface area contributed by atoms with Crippen molar-refractivity contribution in [2.24, 2.45) is 5.41 Å². The zero-order valence-corrected chi connectivity index (χ0v) is 12.1. The van der Waals surface area contributed by atoms with Gasteiger partial charge in [-0.05, 0) is 31.0 Å². The first kappa shape index (κ1) is 15.3. The van der Waals surface area contributed by atoms with Crippen LogP contribution in [0.1, 0.15) is 18.9 Å². The van der Waals surface area contributed by atoms with E-state index in [1.165, 1.54) is 24.1 Å². The highest BCUT2D eigenvalue weighted by Gasteiger charge is 2.41. The summed E-state index contributed by atoms with van der Waals surface area (Å²) >= 11 is 0. The van der Waals surface area contributed by atoms with Crippen molar-refractivity contribution in [1.82, 2.24) is 4.90 Å².